The molecule has 1 aliphatic heterocycles. The highest BCUT2D eigenvalue weighted by molar-refractivity contribution is 5.89. The van der Waals surface area contributed by atoms with Crippen LogP contribution in [0, 0.1) is 11.6 Å². The topological polar surface area (TPSA) is 47.6 Å². The Hall–Kier alpha value is -2.67. The highest BCUT2D eigenvalue weighted by atomic mass is 19.1. The molecule has 28 heavy (non-hydrogen) atoms. The summed E-state index contributed by atoms with van der Waals surface area (Å²) in [4.78, 5) is 16.9. The lowest BCUT2D eigenvalue weighted by Gasteiger charge is -2.37. The first-order valence-corrected chi connectivity index (χ1v) is 9.56. The van der Waals surface area contributed by atoms with Crippen molar-refractivity contribution < 1.29 is 13.6 Å². The summed E-state index contributed by atoms with van der Waals surface area (Å²) in [5.41, 5.74) is 1.71. The number of nitrogens with one attached hydrogen (secondary N) is 2. The summed E-state index contributed by atoms with van der Waals surface area (Å²) < 4.78 is 27.7. The molecule has 0 aliphatic carbocycles. The molecule has 7 heteroatoms. The lowest BCUT2D eigenvalue weighted by Crippen LogP contribution is -2.46. The number of likely N-dealkylation sites (N-methyl/N-ethyl adjacent to an activating group) is 1. The first-order valence-electron chi connectivity index (χ1n) is 9.56. The third-order valence-corrected chi connectivity index (χ3v) is 5.09. The molecule has 0 unspecified atom stereocenters. The molecule has 2 aromatic carbocycles. The first-order chi connectivity index (χ1) is 13.5. The number of piperazine rings is 1. The Bertz CT molecular complexity index is 822. The van der Waals surface area contributed by atoms with Crippen LogP contribution in [0.25, 0.3) is 0 Å². The Balaban J connectivity index is 1.72. The molecule has 1 atom stereocenters. The van der Waals surface area contributed by atoms with E-state index in [9.17, 15) is 13.6 Å². The summed E-state index contributed by atoms with van der Waals surface area (Å²) in [5, 5.41) is 5.28. The standard InChI is InChI=1S/C21H26F2N4O/c1-3-26-10-12-27(13-11-26)20-9-8-16(22)14-17(20)15(2)24-21(28)25-19-7-5-4-6-18(19)23/h4-9,14-15H,3,10-13H2,1-2H3,(H2,24,25,28)/t15-/m0/s1. The van der Waals surface area contributed by atoms with Crippen molar-refractivity contribution in [1.82, 2.24) is 10.2 Å². The maximum Gasteiger partial charge on any atom is 0.319 e. The molecule has 0 radical (unpaired) electrons. The Labute approximate surface area is 164 Å². The third kappa shape index (κ3) is 4.78. The fourth-order valence-corrected chi connectivity index (χ4v) is 3.46. The second kappa shape index (κ2) is 9.01. The molecule has 150 valence electrons. The highest BCUT2D eigenvalue weighted by Crippen LogP contribution is 2.28. The third-order valence-electron chi connectivity index (χ3n) is 5.09. The van der Waals surface area contributed by atoms with E-state index in [2.05, 4.69) is 27.4 Å². The van der Waals surface area contributed by atoms with Crippen LogP contribution in [0.15, 0.2) is 42.5 Å². The molecule has 5 nitrogen and oxygen atoms in total. The van der Waals surface area contributed by atoms with E-state index >= 15 is 0 Å². The zero-order valence-electron chi connectivity index (χ0n) is 16.2. The summed E-state index contributed by atoms with van der Waals surface area (Å²) in [7, 11) is 0. The van der Waals surface area contributed by atoms with Gasteiger partial charge in [0.15, 0.2) is 0 Å². The number of nitrogens with zero attached hydrogens (tertiary/aromatic N) is 2. The van der Waals surface area contributed by atoms with Gasteiger partial charge in [0.2, 0.25) is 0 Å². The van der Waals surface area contributed by atoms with Gasteiger partial charge in [-0.05, 0) is 43.8 Å². The van der Waals surface area contributed by atoms with Crippen LogP contribution in [-0.2, 0) is 0 Å². The number of hydrogen-bond donors (Lipinski definition) is 2. The lowest BCUT2D eigenvalue weighted by molar-refractivity contribution is 0.249. The number of carbonyl (C=O) groups excluding carboxylic acids is 1. The van der Waals surface area contributed by atoms with Crippen molar-refractivity contribution in [2.45, 2.75) is 19.9 Å². The zero-order chi connectivity index (χ0) is 20.1. The van der Waals surface area contributed by atoms with Gasteiger partial charge in [-0.2, -0.15) is 0 Å². The number of halogens is 2. The van der Waals surface area contributed by atoms with Crippen molar-refractivity contribution in [3.05, 3.63) is 59.7 Å². The quantitative estimate of drug-likeness (QED) is 0.814. The molecule has 0 aromatic heterocycles. The van der Waals surface area contributed by atoms with Crippen molar-refractivity contribution >= 4 is 17.4 Å². The van der Waals surface area contributed by atoms with Crippen LogP contribution in [0.3, 0.4) is 0 Å². The average molecular weight is 388 g/mol. The van der Waals surface area contributed by atoms with E-state index in [1.54, 1.807) is 25.1 Å². The van der Waals surface area contributed by atoms with E-state index < -0.39 is 17.9 Å². The molecule has 0 spiro atoms. The number of carbonyl (C=O) groups is 1. The number of urea groups is 1. The molecule has 0 saturated carbocycles. The number of para-hydroxylation sites is 1. The van der Waals surface area contributed by atoms with Crippen molar-refractivity contribution in [1.29, 1.82) is 0 Å². The Morgan fingerprint density at radius 2 is 1.82 bits per heavy atom. The minimum atomic E-state index is -0.538. The average Bonchev–Trinajstić information content (AvgIpc) is 2.69. The van der Waals surface area contributed by atoms with Gasteiger partial charge in [0.05, 0.1) is 11.7 Å². The fraction of sp³-hybridized carbons (Fsp3) is 0.381. The maximum absolute atomic E-state index is 13.9. The van der Waals surface area contributed by atoms with Crippen molar-refractivity contribution in [2.75, 3.05) is 42.9 Å². The van der Waals surface area contributed by atoms with Crippen LogP contribution in [0.5, 0.6) is 0 Å². The van der Waals surface area contributed by atoms with Gasteiger partial charge in [-0.3, -0.25) is 0 Å². The first kappa shape index (κ1) is 20.1. The summed E-state index contributed by atoms with van der Waals surface area (Å²) in [6.45, 7) is 8.53. The molecule has 2 aromatic rings. The van der Waals surface area contributed by atoms with Gasteiger partial charge in [-0.25, -0.2) is 13.6 Å². The Morgan fingerprint density at radius 1 is 1.11 bits per heavy atom. The molecule has 1 heterocycles. The van der Waals surface area contributed by atoms with Gasteiger partial charge < -0.3 is 20.4 Å². The van der Waals surface area contributed by atoms with Crippen molar-refractivity contribution in [3.8, 4) is 0 Å². The molecular formula is C21H26F2N4O. The molecule has 1 saturated heterocycles. The molecule has 2 N–H and O–H groups in total. The normalized spacial score (nSPS) is 15.9. The van der Waals surface area contributed by atoms with E-state index in [0.717, 1.165) is 38.4 Å². The van der Waals surface area contributed by atoms with E-state index in [-0.39, 0.29) is 11.5 Å². The number of rotatable bonds is 5. The minimum absolute atomic E-state index is 0.0994. The van der Waals surface area contributed by atoms with Gasteiger partial charge >= 0.3 is 6.03 Å². The van der Waals surface area contributed by atoms with Gasteiger partial charge in [0.25, 0.3) is 0 Å². The van der Waals surface area contributed by atoms with Crippen molar-refractivity contribution in [2.24, 2.45) is 0 Å². The second-order valence-electron chi connectivity index (χ2n) is 6.92. The maximum atomic E-state index is 13.9. The molecule has 3 rings (SSSR count). The van der Waals surface area contributed by atoms with E-state index in [4.69, 9.17) is 0 Å². The van der Waals surface area contributed by atoms with Crippen molar-refractivity contribution in [3.63, 3.8) is 0 Å². The number of anilines is 2. The van der Waals surface area contributed by atoms with E-state index in [0.29, 0.717) is 5.56 Å². The van der Waals surface area contributed by atoms with Gasteiger partial charge in [-0.1, -0.05) is 19.1 Å². The number of hydrogen-bond acceptors (Lipinski definition) is 3. The molecule has 1 fully saturated rings. The van der Waals surface area contributed by atoms with Crippen LogP contribution >= 0.6 is 0 Å². The predicted octanol–water partition coefficient (Wildman–Crippen LogP) is 3.99. The van der Waals surface area contributed by atoms with Gasteiger partial charge in [0.1, 0.15) is 11.6 Å². The second-order valence-corrected chi connectivity index (χ2v) is 6.92. The summed E-state index contributed by atoms with van der Waals surface area (Å²) >= 11 is 0. The summed E-state index contributed by atoms with van der Waals surface area (Å²) in [6.07, 6.45) is 0. The zero-order valence-corrected chi connectivity index (χ0v) is 16.2. The molecular weight excluding hydrogens is 362 g/mol. The lowest BCUT2D eigenvalue weighted by atomic mass is 10.0. The molecule has 2 amide bonds. The van der Waals surface area contributed by atoms with E-state index in [1.807, 2.05) is 0 Å². The monoisotopic (exact) mass is 388 g/mol. The van der Waals surface area contributed by atoms with Gasteiger partial charge in [0, 0.05) is 37.4 Å². The largest absolute Gasteiger partial charge is 0.369 e. The molecule has 0 bridgehead atoms. The van der Waals surface area contributed by atoms with Crippen LogP contribution < -0.4 is 15.5 Å². The number of amides is 2. The smallest absolute Gasteiger partial charge is 0.319 e. The van der Waals surface area contributed by atoms with E-state index in [1.165, 1.54) is 24.3 Å². The van der Waals surface area contributed by atoms with Gasteiger partial charge in [-0.15, -0.1) is 0 Å². The predicted molar refractivity (Wildman–Crippen MR) is 108 cm³/mol. The minimum Gasteiger partial charge on any atom is -0.369 e. The van der Waals surface area contributed by atoms with Crippen LogP contribution in [0.4, 0.5) is 25.0 Å². The Morgan fingerprint density at radius 3 is 2.50 bits per heavy atom. The molecule has 1 aliphatic rings. The van der Waals surface area contributed by atoms with Crippen LogP contribution in [-0.4, -0.2) is 43.7 Å². The van der Waals surface area contributed by atoms with Crippen LogP contribution in [0.2, 0.25) is 0 Å². The SMILES string of the molecule is CCN1CCN(c2ccc(F)cc2[C@H](C)NC(=O)Nc2ccccc2F)CC1. The van der Waals surface area contributed by atoms with Crippen LogP contribution in [0.1, 0.15) is 25.5 Å². The highest BCUT2D eigenvalue weighted by Gasteiger charge is 2.22. The number of benzene rings is 2. The summed E-state index contributed by atoms with van der Waals surface area (Å²) in [6, 6.07) is 9.64. The Kier molecular flexibility index (Phi) is 6.46. The fourth-order valence-electron chi connectivity index (χ4n) is 3.46. The summed E-state index contributed by atoms with van der Waals surface area (Å²) in [5.74, 6) is -0.861.